The minimum atomic E-state index is -1.61. The third-order valence-electron chi connectivity index (χ3n) is 5.41. The van der Waals surface area contributed by atoms with Crippen molar-refractivity contribution in [1.29, 1.82) is 0 Å². The number of carboxylic acids is 1. The third kappa shape index (κ3) is 3.52. The van der Waals surface area contributed by atoms with E-state index in [9.17, 15) is 24.3 Å². The molecule has 3 amide bonds. The van der Waals surface area contributed by atoms with Crippen molar-refractivity contribution in [3.8, 4) is 0 Å². The number of methoxy groups -OCH3 is 1. The second-order valence-corrected chi connectivity index (χ2v) is 7.56. The molecular weight excluding hydrogens is 364 g/mol. The van der Waals surface area contributed by atoms with E-state index in [0.29, 0.717) is 0 Å². The average Bonchev–Trinajstić information content (AvgIpc) is 2.92. The van der Waals surface area contributed by atoms with Crippen LogP contribution in [0.25, 0.3) is 0 Å². The van der Waals surface area contributed by atoms with Gasteiger partial charge in [0.05, 0.1) is 17.7 Å². The Bertz CT molecular complexity index is 830. The van der Waals surface area contributed by atoms with Gasteiger partial charge in [0.2, 0.25) is 0 Å². The number of carbonyl (C=O) groups is 4. The lowest BCUT2D eigenvalue weighted by atomic mass is 9.94. The lowest BCUT2D eigenvalue weighted by Crippen LogP contribution is -2.55. The predicted octanol–water partition coefficient (Wildman–Crippen LogP) is 1.83. The molecule has 1 aliphatic carbocycles. The number of carboxylic acid groups (broad SMARTS) is 1. The molecule has 28 heavy (non-hydrogen) atoms. The summed E-state index contributed by atoms with van der Waals surface area (Å²) in [5.74, 6) is -2.60. The summed E-state index contributed by atoms with van der Waals surface area (Å²) in [6, 6.07) is 4.15. The fourth-order valence-electron chi connectivity index (χ4n) is 3.83. The van der Waals surface area contributed by atoms with E-state index in [0.717, 1.165) is 32.1 Å². The van der Waals surface area contributed by atoms with Gasteiger partial charge in [-0.05, 0) is 38.0 Å². The van der Waals surface area contributed by atoms with Crippen LogP contribution in [0.3, 0.4) is 0 Å². The van der Waals surface area contributed by atoms with E-state index in [1.807, 2.05) is 0 Å². The first-order valence-corrected chi connectivity index (χ1v) is 9.35. The summed E-state index contributed by atoms with van der Waals surface area (Å²) in [5, 5.41) is 11.8. The van der Waals surface area contributed by atoms with Gasteiger partial charge in [0.25, 0.3) is 17.7 Å². The Balaban J connectivity index is 1.84. The molecule has 1 saturated carbocycles. The average molecular weight is 388 g/mol. The van der Waals surface area contributed by atoms with Crippen molar-refractivity contribution in [2.24, 2.45) is 0 Å². The molecule has 0 bridgehead atoms. The molecule has 1 aliphatic heterocycles. The van der Waals surface area contributed by atoms with Gasteiger partial charge in [-0.3, -0.25) is 19.3 Å². The topological polar surface area (TPSA) is 113 Å². The molecule has 0 spiro atoms. The molecule has 150 valence electrons. The highest BCUT2D eigenvalue weighted by Gasteiger charge is 2.41. The standard InChI is InChI=1S/C20H24N2O6/c1-20(11-28-2,19(26)27)21-16(23)12-8-9-14-15(10-12)18(25)22(17(14)24)13-6-4-3-5-7-13/h8-10,13H,3-7,11H2,1-2H3,(H,21,23)(H,26,27). The Morgan fingerprint density at radius 2 is 1.82 bits per heavy atom. The van der Waals surface area contributed by atoms with Crippen LogP contribution >= 0.6 is 0 Å². The zero-order chi connectivity index (χ0) is 20.5. The first kappa shape index (κ1) is 20.0. The SMILES string of the molecule is COCC(C)(NC(=O)c1ccc2c(c1)C(=O)N(C1CCCCC1)C2=O)C(=O)O. The number of nitrogens with one attached hydrogen (secondary N) is 1. The number of nitrogens with zero attached hydrogens (tertiary/aromatic N) is 1. The summed E-state index contributed by atoms with van der Waals surface area (Å²) < 4.78 is 4.89. The summed E-state index contributed by atoms with van der Waals surface area (Å²) >= 11 is 0. The lowest BCUT2D eigenvalue weighted by Gasteiger charge is -2.29. The lowest BCUT2D eigenvalue weighted by molar-refractivity contribution is -0.145. The number of imide groups is 1. The number of aliphatic carboxylic acids is 1. The number of ether oxygens (including phenoxy) is 1. The fourth-order valence-corrected chi connectivity index (χ4v) is 3.83. The maximum atomic E-state index is 12.8. The van der Waals surface area contributed by atoms with Crippen molar-refractivity contribution in [2.45, 2.75) is 50.6 Å². The molecule has 3 rings (SSSR count). The van der Waals surface area contributed by atoms with Crippen LogP contribution in [0.5, 0.6) is 0 Å². The number of fused-ring (bicyclic) bond motifs is 1. The van der Waals surface area contributed by atoms with E-state index in [1.54, 1.807) is 0 Å². The fraction of sp³-hybridized carbons (Fsp3) is 0.500. The Hall–Kier alpha value is -2.74. The summed E-state index contributed by atoms with van der Waals surface area (Å²) in [7, 11) is 1.34. The van der Waals surface area contributed by atoms with E-state index in [4.69, 9.17) is 4.74 Å². The highest BCUT2D eigenvalue weighted by atomic mass is 16.5. The second-order valence-electron chi connectivity index (χ2n) is 7.56. The third-order valence-corrected chi connectivity index (χ3v) is 5.41. The van der Waals surface area contributed by atoms with Crippen molar-refractivity contribution in [3.05, 3.63) is 34.9 Å². The van der Waals surface area contributed by atoms with Crippen molar-refractivity contribution in [1.82, 2.24) is 10.2 Å². The Morgan fingerprint density at radius 3 is 2.43 bits per heavy atom. The van der Waals surface area contributed by atoms with Gasteiger partial charge in [0.1, 0.15) is 0 Å². The summed E-state index contributed by atoms with van der Waals surface area (Å²) in [6.07, 6.45) is 4.67. The maximum Gasteiger partial charge on any atom is 0.331 e. The van der Waals surface area contributed by atoms with Gasteiger partial charge in [-0.25, -0.2) is 4.79 Å². The van der Waals surface area contributed by atoms with E-state index in [2.05, 4.69) is 5.32 Å². The van der Waals surface area contributed by atoms with Crippen molar-refractivity contribution >= 4 is 23.7 Å². The number of benzene rings is 1. The van der Waals surface area contributed by atoms with Gasteiger partial charge in [-0.15, -0.1) is 0 Å². The molecule has 0 radical (unpaired) electrons. The van der Waals surface area contributed by atoms with Crippen LogP contribution in [-0.4, -0.2) is 59.0 Å². The summed E-state index contributed by atoms with van der Waals surface area (Å²) in [6.45, 7) is 1.12. The molecule has 8 nitrogen and oxygen atoms in total. The zero-order valence-corrected chi connectivity index (χ0v) is 16.0. The van der Waals surface area contributed by atoms with Crippen molar-refractivity contribution in [3.63, 3.8) is 0 Å². The van der Waals surface area contributed by atoms with E-state index >= 15 is 0 Å². The number of amides is 3. The molecular formula is C20H24N2O6. The second kappa shape index (κ2) is 7.71. The monoisotopic (exact) mass is 388 g/mol. The highest BCUT2D eigenvalue weighted by molar-refractivity contribution is 6.22. The minimum Gasteiger partial charge on any atom is -0.479 e. The van der Waals surface area contributed by atoms with E-state index in [-0.39, 0.29) is 41.2 Å². The molecule has 1 atom stereocenters. The molecule has 1 fully saturated rings. The van der Waals surface area contributed by atoms with Crippen LogP contribution in [0.15, 0.2) is 18.2 Å². The van der Waals surface area contributed by atoms with Gasteiger partial charge < -0.3 is 15.2 Å². The van der Waals surface area contributed by atoms with E-state index in [1.165, 1.54) is 37.1 Å². The maximum absolute atomic E-state index is 12.8. The van der Waals surface area contributed by atoms with Crippen LogP contribution in [0.1, 0.15) is 70.1 Å². The molecule has 1 heterocycles. The van der Waals surface area contributed by atoms with Crippen LogP contribution in [0.4, 0.5) is 0 Å². The quantitative estimate of drug-likeness (QED) is 0.719. The first-order chi connectivity index (χ1) is 13.3. The number of hydrogen-bond acceptors (Lipinski definition) is 5. The Labute approximate surface area is 162 Å². The minimum absolute atomic E-state index is 0.101. The highest BCUT2D eigenvalue weighted by Crippen LogP contribution is 2.31. The molecule has 1 unspecified atom stereocenters. The Morgan fingerprint density at radius 1 is 1.18 bits per heavy atom. The van der Waals surface area contributed by atoms with Gasteiger partial charge >= 0.3 is 5.97 Å². The first-order valence-electron chi connectivity index (χ1n) is 9.35. The smallest absolute Gasteiger partial charge is 0.331 e. The molecule has 1 aromatic rings. The van der Waals surface area contributed by atoms with Crippen LogP contribution in [-0.2, 0) is 9.53 Å². The Kier molecular flexibility index (Phi) is 5.51. The van der Waals surface area contributed by atoms with Gasteiger partial charge in [-0.2, -0.15) is 0 Å². The number of carbonyl (C=O) groups excluding carboxylic acids is 3. The van der Waals surface area contributed by atoms with Gasteiger partial charge in [0.15, 0.2) is 5.54 Å². The predicted molar refractivity (Wildman–Crippen MR) is 99.2 cm³/mol. The van der Waals surface area contributed by atoms with Gasteiger partial charge in [0, 0.05) is 18.7 Å². The number of hydrogen-bond donors (Lipinski definition) is 2. The largest absolute Gasteiger partial charge is 0.479 e. The van der Waals surface area contributed by atoms with E-state index < -0.39 is 17.4 Å². The van der Waals surface area contributed by atoms with Crippen molar-refractivity contribution in [2.75, 3.05) is 13.7 Å². The molecule has 1 aromatic carbocycles. The van der Waals surface area contributed by atoms with Crippen LogP contribution in [0, 0.1) is 0 Å². The van der Waals surface area contributed by atoms with Crippen molar-refractivity contribution < 1.29 is 29.0 Å². The molecule has 8 heteroatoms. The molecule has 2 N–H and O–H groups in total. The normalized spacial score (nSPS) is 19.3. The number of rotatable bonds is 6. The van der Waals surface area contributed by atoms with Crippen LogP contribution < -0.4 is 5.32 Å². The summed E-state index contributed by atoms with van der Waals surface area (Å²) in [4.78, 5) is 50.9. The van der Waals surface area contributed by atoms with Gasteiger partial charge in [-0.1, -0.05) is 19.3 Å². The summed E-state index contributed by atoms with van der Waals surface area (Å²) in [5.41, 5.74) is -1.02. The zero-order valence-electron chi connectivity index (χ0n) is 16.0. The molecule has 0 aromatic heterocycles. The molecule has 2 aliphatic rings. The molecule has 0 saturated heterocycles. The van der Waals surface area contributed by atoms with Crippen LogP contribution in [0.2, 0.25) is 0 Å².